The number of piperidine rings is 2. The predicted molar refractivity (Wildman–Crippen MR) is 164 cm³/mol. The Kier molecular flexibility index (Phi) is 9.90. The molecule has 6 rings (SSSR count). The van der Waals surface area contributed by atoms with E-state index in [9.17, 15) is 22.8 Å². The molecule has 10 heteroatoms. The molecule has 11 atom stereocenters. The SMILES string of the molecule is CC1CC2C(CN1)CC(C1CC(NC(=O)C3CC(N4CNC(C)C4)CC(C(F)(F)F)C3)CCC1C)C(=O)N2C1CCCCC1. The Hall–Kier alpha value is -1.39. The van der Waals surface area contributed by atoms with E-state index < -0.39 is 18.0 Å². The number of hydrogen-bond donors (Lipinski definition) is 3. The highest BCUT2D eigenvalue weighted by Gasteiger charge is 2.51. The van der Waals surface area contributed by atoms with Gasteiger partial charge in [-0.2, -0.15) is 13.2 Å². The van der Waals surface area contributed by atoms with Crippen molar-refractivity contribution in [3.63, 3.8) is 0 Å². The lowest BCUT2D eigenvalue weighted by Gasteiger charge is -2.54. The van der Waals surface area contributed by atoms with Crippen molar-refractivity contribution in [2.24, 2.45) is 35.5 Å². The molecular weight excluding hydrogens is 567 g/mol. The summed E-state index contributed by atoms with van der Waals surface area (Å²) in [5.74, 6) is -0.969. The lowest BCUT2D eigenvalue weighted by atomic mass is 9.65. The number of carbonyl (C=O) groups excluding carboxylic acids is 2. The van der Waals surface area contributed by atoms with Crippen LogP contribution in [0.1, 0.15) is 104 Å². The first kappa shape index (κ1) is 32.5. The molecule has 250 valence electrons. The van der Waals surface area contributed by atoms with Crippen LogP contribution in [0.5, 0.6) is 0 Å². The van der Waals surface area contributed by atoms with Gasteiger partial charge in [-0.15, -0.1) is 0 Å². The van der Waals surface area contributed by atoms with Gasteiger partial charge in [0.25, 0.3) is 0 Å². The maximum Gasteiger partial charge on any atom is 0.391 e. The number of carbonyl (C=O) groups is 2. The standard InChI is InChI=1S/C34H56F3N5O2/c1-20-9-10-26(40-32(43)23-12-25(34(35,36)37)15-28(13-23)41-18-22(3)39-19-41)16-29(20)30-14-24-17-38-21(2)11-31(24)42(33(30)44)27-7-5-4-6-8-27/h20-31,38-39H,4-19H2,1-3H3,(H,40,43). The topological polar surface area (TPSA) is 76.7 Å². The first-order chi connectivity index (χ1) is 21.0. The molecule has 3 heterocycles. The minimum atomic E-state index is -4.30. The summed E-state index contributed by atoms with van der Waals surface area (Å²) in [6, 6.07) is 1.01. The summed E-state index contributed by atoms with van der Waals surface area (Å²) in [6.45, 7) is 8.79. The van der Waals surface area contributed by atoms with Crippen molar-refractivity contribution in [2.45, 2.75) is 147 Å². The molecule has 0 radical (unpaired) electrons. The smallest absolute Gasteiger partial charge is 0.353 e. The fourth-order valence-electron chi connectivity index (χ4n) is 10.1. The van der Waals surface area contributed by atoms with Crippen LogP contribution in [0, 0.1) is 35.5 Å². The van der Waals surface area contributed by atoms with Crippen LogP contribution in [0.15, 0.2) is 0 Å². The van der Waals surface area contributed by atoms with Crippen LogP contribution in [0.3, 0.4) is 0 Å². The summed E-state index contributed by atoms with van der Waals surface area (Å²) in [6.07, 6.45) is 6.43. The number of halogens is 3. The molecule has 3 saturated carbocycles. The van der Waals surface area contributed by atoms with Crippen molar-refractivity contribution >= 4 is 11.8 Å². The van der Waals surface area contributed by atoms with E-state index in [0.29, 0.717) is 49.0 Å². The van der Waals surface area contributed by atoms with Gasteiger partial charge in [0.15, 0.2) is 0 Å². The second-order valence-corrected chi connectivity index (χ2v) is 15.7. The van der Waals surface area contributed by atoms with Crippen molar-refractivity contribution in [2.75, 3.05) is 19.8 Å². The van der Waals surface area contributed by atoms with Gasteiger partial charge in [-0.3, -0.25) is 14.5 Å². The lowest BCUT2D eigenvalue weighted by Crippen LogP contribution is -2.64. The van der Waals surface area contributed by atoms with E-state index in [1.165, 1.54) is 19.3 Å². The molecular formula is C34H56F3N5O2. The van der Waals surface area contributed by atoms with Crippen LogP contribution in [-0.2, 0) is 9.59 Å². The Balaban J connectivity index is 1.14. The molecule has 7 nitrogen and oxygen atoms in total. The van der Waals surface area contributed by atoms with Crippen LogP contribution in [-0.4, -0.2) is 83.8 Å². The Morgan fingerprint density at radius 2 is 1.64 bits per heavy atom. The molecule has 0 aromatic rings. The van der Waals surface area contributed by atoms with Gasteiger partial charge in [-0.1, -0.05) is 26.2 Å². The zero-order valence-corrected chi connectivity index (χ0v) is 27.1. The second kappa shape index (κ2) is 13.4. The summed E-state index contributed by atoms with van der Waals surface area (Å²) in [7, 11) is 0. The van der Waals surface area contributed by atoms with Crippen molar-refractivity contribution in [1.29, 1.82) is 0 Å². The van der Waals surface area contributed by atoms with Crippen LogP contribution in [0.25, 0.3) is 0 Å². The van der Waals surface area contributed by atoms with E-state index in [1.54, 1.807) is 0 Å². The molecule has 11 unspecified atom stereocenters. The fraction of sp³-hybridized carbons (Fsp3) is 0.941. The molecule has 0 aromatic carbocycles. The molecule has 3 aliphatic carbocycles. The normalized spacial score (nSPS) is 43.1. The third-order valence-electron chi connectivity index (χ3n) is 12.6. The summed E-state index contributed by atoms with van der Waals surface area (Å²) in [5, 5.41) is 10.3. The maximum absolute atomic E-state index is 14.4. The molecule has 3 N–H and O–H groups in total. The predicted octanol–water partition coefficient (Wildman–Crippen LogP) is 5.05. The fourth-order valence-corrected chi connectivity index (χ4v) is 10.1. The first-order valence-corrected chi connectivity index (χ1v) is 17.9. The number of likely N-dealkylation sites (tertiary alicyclic amines) is 1. The van der Waals surface area contributed by atoms with E-state index in [2.05, 4.69) is 39.6 Å². The number of fused-ring (bicyclic) bond motifs is 1. The van der Waals surface area contributed by atoms with Crippen molar-refractivity contribution < 1.29 is 22.8 Å². The van der Waals surface area contributed by atoms with E-state index >= 15 is 0 Å². The molecule has 3 saturated heterocycles. The quantitative estimate of drug-likeness (QED) is 0.400. The van der Waals surface area contributed by atoms with Crippen LogP contribution >= 0.6 is 0 Å². The Labute approximate surface area is 262 Å². The molecule has 2 amide bonds. The molecule has 44 heavy (non-hydrogen) atoms. The monoisotopic (exact) mass is 623 g/mol. The van der Waals surface area contributed by atoms with Gasteiger partial charge in [0.05, 0.1) is 5.92 Å². The lowest BCUT2D eigenvalue weighted by molar-refractivity contribution is -0.191. The highest BCUT2D eigenvalue weighted by Crippen LogP contribution is 2.46. The molecule has 0 aromatic heterocycles. The Bertz CT molecular complexity index is 1020. The van der Waals surface area contributed by atoms with Crippen LogP contribution in [0.2, 0.25) is 0 Å². The average Bonchev–Trinajstić information content (AvgIpc) is 3.44. The summed E-state index contributed by atoms with van der Waals surface area (Å²) >= 11 is 0. The minimum absolute atomic E-state index is 0.0404. The number of nitrogens with one attached hydrogen (secondary N) is 3. The third kappa shape index (κ3) is 6.97. The maximum atomic E-state index is 14.4. The number of amides is 2. The first-order valence-electron chi connectivity index (χ1n) is 17.9. The van der Waals surface area contributed by atoms with Crippen molar-refractivity contribution in [1.82, 2.24) is 25.8 Å². The van der Waals surface area contributed by atoms with Gasteiger partial charge in [-0.25, -0.2) is 0 Å². The van der Waals surface area contributed by atoms with E-state index in [4.69, 9.17) is 0 Å². The van der Waals surface area contributed by atoms with Gasteiger partial charge < -0.3 is 20.9 Å². The van der Waals surface area contributed by atoms with Crippen LogP contribution in [0.4, 0.5) is 13.2 Å². The molecule has 0 spiro atoms. The Morgan fingerprint density at radius 1 is 0.864 bits per heavy atom. The van der Waals surface area contributed by atoms with Gasteiger partial charge in [-0.05, 0) is 95.8 Å². The van der Waals surface area contributed by atoms with Crippen molar-refractivity contribution in [3.05, 3.63) is 0 Å². The highest BCUT2D eigenvalue weighted by molar-refractivity contribution is 5.81. The van der Waals surface area contributed by atoms with E-state index in [0.717, 1.165) is 58.0 Å². The van der Waals surface area contributed by atoms with E-state index in [-0.39, 0.29) is 48.7 Å². The van der Waals surface area contributed by atoms with Gasteiger partial charge in [0, 0.05) is 67.8 Å². The number of alkyl halides is 3. The largest absolute Gasteiger partial charge is 0.391 e. The summed E-state index contributed by atoms with van der Waals surface area (Å²) in [4.78, 5) is 32.5. The molecule has 0 bridgehead atoms. The third-order valence-corrected chi connectivity index (χ3v) is 12.6. The highest BCUT2D eigenvalue weighted by atomic mass is 19.4. The number of rotatable bonds is 5. The molecule has 6 aliphatic rings. The minimum Gasteiger partial charge on any atom is -0.353 e. The zero-order chi connectivity index (χ0) is 31.2. The molecule has 3 aliphatic heterocycles. The van der Waals surface area contributed by atoms with Crippen molar-refractivity contribution in [3.8, 4) is 0 Å². The van der Waals surface area contributed by atoms with Crippen LogP contribution < -0.4 is 16.0 Å². The van der Waals surface area contributed by atoms with E-state index in [1.807, 2.05) is 6.92 Å². The Morgan fingerprint density at radius 3 is 2.34 bits per heavy atom. The average molecular weight is 624 g/mol. The summed E-state index contributed by atoms with van der Waals surface area (Å²) in [5.41, 5.74) is 0. The van der Waals surface area contributed by atoms with Gasteiger partial charge >= 0.3 is 6.18 Å². The zero-order valence-electron chi connectivity index (χ0n) is 27.1. The van der Waals surface area contributed by atoms with Gasteiger partial charge in [0.1, 0.15) is 0 Å². The number of hydrogen-bond acceptors (Lipinski definition) is 5. The molecule has 6 fully saturated rings. The van der Waals surface area contributed by atoms with Gasteiger partial charge in [0.2, 0.25) is 11.8 Å². The summed E-state index contributed by atoms with van der Waals surface area (Å²) < 4.78 is 42.0. The second-order valence-electron chi connectivity index (χ2n) is 15.7. The number of nitrogens with zero attached hydrogens (tertiary/aromatic N) is 2.